The second-order valence-electron chi connectivity index (χ2n) is 3.03. The van der Waals surface area contributed by atoms with Gasteiger partial charge in [-0.15, -0.1) is 11.8 Å². The lowest BCUT2D eigenvalue weighted by Crippen LogP contribution is -2.28. The van der Waals surface area contributed by atoms with E-state index in [-0.39, 0.29) is 12.6 Å². The number of hydrogen-bond acceptors (Lipinski definition) is 4. The summed E-state index contributed by atoms with van der Waals surface area (Å²) in [5, 5.41) is 13.6. The van der Waals surface area contributed by atoms with Crippen LogP contribution in [0.15, 0.2) is 24.3 Å². The molecule has 0 fully saturated rings. The number of anilines is 1. The smallest absolute Gasteiger partial charge is 0.319 e. The van der Waals surface area contributed by atoms with Crippen LogP contribution in [-0.2, 0) is 11.5 Å². The van der Waals surface area contributed by atoms with Crippen LogP contribution >= 0.6 is 11.8 Å². The molecule has 5 nitrogen and oxygen atoms in total. The maximum atomic E-state index is 11.3. The van der Waals surface area contributed by atoms with E-state index in [1.165, 1.54) is 11.8 Å². The average Bonchev–Trinajstić information content (AvgIpc) is 2.29. The van der Waals surface area contributed by atoms with Gasteiger partial charge in [-0.2, -0.15) is 0 Å². The lowest BCUT2D eigenvalue weighted by molar-refractivity contribution is -0.253. The number of nitrogens with one attached hydrogen (secondary N) is 2. The summed E-state index contributed by atoms with van der Waals surface area (Å²) >= 11 is 1.53. The number of rotatable bonds is 5. The van der Waals surface area contributed by atoms with Gasteiger partial charge in [0.1, 0.15) is 6.61 Å². The standard InChI is InChI=1S/C10H14N2O3S/c1-16-7-11-10(13)12-9-4-2-8(3-5-9)6-15-14/h2-5,14H,6-7H2,1H3,(H2,11,12,13). The molecule has 2 amide bonds. The first-order chi connectivity index (χ1) is 7.76. The Bertz CT molecular complexity index is 329. The van der Waals surface area contributed by atoms with E-state index >= 15 is 0 Å². The molecule has 88 valence electrons. The molecule has 0 unspecified atom stereocenters. The van der Waals surface area contributed by atoms with E-state index in [0.29, 0.717) is 11.6 Å². The molecular formula is C10H14N2O3S. The van der Waals surface area contributed by atoms with Crippen molar-refractivity contribution in [3.8, 4) is 0 Å². The molecule has 0 aromatic heterocycles. The van der Waals surface area contributed by atoms with Gasteiger partial charge in [-0.1, -0.05) is 12.1 Å². The van der Waals surface area contributed by atoms with Gasteiger partial charge in [-0.3, -0.25) is 5.26 Å². The van der Waals surface area contributed by atoms with Gasteiger partial charge in [0.2, 0.25) is 0 Å². The van der Waals surface area contributed by atoms with Crippen molar-refractivity contribution in [1.82, 2.24) is 5.32 Å². The summed E-state index contributed by atoms with van der Waals surface area (Å²) in [5.41, 5.74) is 1.53. The predicted octanol–water partition coefficient (Wildman–Crippen LogP) is 2.12. The molecule has 3 N–H and O–H groups in total. The fourth-order valence-electron chi connectivity index (χ4n) is 1.07. The van der Waals surface area contributed by atoms with E-state index < -0.39 is 0 Å². The van der Waals surface area contributed by atoms with Gasteiger partial charge in [-0.05, 0) is 24.0 Å². The van der Waals surface area contributed by atoms with Crippen LogP contribution in [-0.4, -0.2) is 23.4 Å². The van der Waals surface area contributed by atoms with E-state index in [2.05, 4.69) is 15.5 Å². The van der Waals surface area contributed by atoms with Crippen LogP contribution in [0.5, 0.6) is 0 Å². The second kappa shape index (κ2) is 7.10. The molecule has 0 aliphatic heterocycles. The first-order valence-corrected chi connectivity index (χ1v) is 6.04. The second-order valence-corrected chi connectivity index (χ2v) is 3.90. The monoisotopic (exact) mass is 242 g/mol. The number of carbonyl (C=O) groups is 1. The maximum absolute atomic E-state index is 11.3. The molecule has 1 rings (SSSR count). The Kier molecular flexibility index (Phi) is 5.69. The van der Waals surface area contributed by atoms with Crippen molar-refractivity contribution < 1.29 is 14.9 Å². The van der Waals surface area contributed by atoms with Crippen molar-refractivity contribution >= 4 is 23.5 Å². The number of hydrogen-bond donors (Lipinski definition) is 3. The Morgan fingerprint density at radius 1 is 1.44 bits per heavy atom. The highest BCUT2D eigenvalue weighted by Gasteiger charge is 2.00. The lowest BCUT2D eigenvalue weighted by atomic mass is 10.2. The van der Waals surface area contributed by atoms with Crippen molar-refractivity contribution in [2.24, 2.45) is 0 Å². The molecule has 16 heavy (non-hydrogen) atoms. The number of benzene rings is 1. The first kappa shape index (κ1) is 12.8. The maximum Gasteiger partial charge on any atom is 0.319 e. The molecule has 0 saturated carbocycles. The minimum absolute atomic E-state index is 0.138. The molecule has 0 spiro atoms. The summed E-state index contributed by atoms with van der Waals surface area (Å²) in [6.07, 6.45) is 1.91. The van der Waals surface area contributed by atoms with Crippen LogP contribution in [0.3, 0.4) is 0 Å². The molecule has 0 saturated heterocycles. The van der Waals surface area contributed by atoms with Crippen molar-refractivity contribution in [3.05, 3.63) is 29.8 Å². The highest BCUT2D eigenvalue weighted by molar-refractivity contribution is 7.98. The van der Waals surface area contributed by atoms with Gasteiger partial charge in [-0.25, -0.2) is 9.68 Å². The van der Waals surface area contributed by atoms with Crippen LogP contribution in [0, 0.1) is 0 Å². The summed E-state index contributed by atoms with van der Waals surface area (Å²) in [5.74, 6) is 0.572. The topological polar surface area (TPSA) is 70.6 Å². The molecule has 6 heteroatoms. The van der Waals surface area contributed by atoms with Gasteiger partial charge in [0.05, 0.1) is 5.88 Å². The Morgan fingerprint density at radius 2 is 2.12 bits per heavy atom. The molecule has 0 aliphatic rings. The molecule has 0 radical (unpaired) electrons. The van der Waals surface area contributed by atoms with Crippen LogP contribution < -0.4 is 10.6 Å². The van der Waals surface area contributed by atoms with Crippen molar-refractivity contribution in [2.75, 3.05) is 17.4 Å². The third kappa shape index (κ3) is 4.52. The Hall–Kier alpha value is -1.24. The molecule has 1 aromatic rings. The summed E-state index contributed by atoms with van der Waals surface area (Å²) in [4.78, 5) is 15.3. The zero-order chi connectivity index (χ0) is 11.8. The first-order valence-electron chi connectivity index (χ1n) is 4.65. The molecule has 0 bridgehead atoms. The summed E-state index contributed by atoms with van der Waals surface area (Å²) < 4.78 is 0. The number of amides is 2. The van der Waals surface area contributed by atoms with Gasteiger partial charge in [0.15, 0.2) is 0 Å². The third-order valence-corrected chi connectivity index (χ3v) is 2.25. The SMILES string of the molecule is CSCNC(=O)Nc1ccc(COO)cc1. The lowest BCUT2D eigenvalue weighted by Gasteiger charge is -2.06. The molecule has 0 heterocycles. The highest BCUT2D eigenvalue weighted by Crippen LogP contribution is 2.09. The predicted molar refractivity (Wildman–Crippen MR) is 64.4 cm³/mol. The summed E-state index contributed by atoms with van der Waals surface area (Å²) in [6, 6.07) is 6.78. The quantitative estimate of drug-likeness (QED) is 0.420. The minimum atomic E-state index is -0.236. The van der Waals surface area contributed by atoms with Gasteiger partial charge >= 0.3 is 6.03 Å². The van der Waals surface area contributed by atoms with E-state index in [4.69, 9.17) is 5.26 Å². The van der Waals surface area contributed by atoms with Crippen molar-refractivity contribution in [3.63, 3.8) is 0 Å². The fraction of sp³-hybridized carbons (Fsp3) is 0.300. The summed E-state index contributed by atoms with van der Waals surface area (Å²) in [7, 11) is 0. The minimum Gasteiger partial charge on any atom is -0.329 e. The van der Waals surface area contributed by atoms with Gasteiger partial charge in [0.25, 0.3) is 0 Å². The van der Waals surface area contributed by atoms with E-state index in [0.717, 1.165) is 5.56 Å². The molecule has 0 atom stereocenters. The Morgan fingerprint density at radius 3 is 2.69 bits per heavy atom. The van der Waals surface area contributed by atoms with Crippen molar-refractivity contribution in [2.45, 2.75) is 6.61 Å². The largest absolute Gasteiger partial charge is 0.329 e. The molecule has 1 aromatic carbocycles. The van der Waals surface area contributed by atoms with Crippen LogP contribution in [0.25, 0.3) is 0 Å². The van der Waals surface area contributed by atoms with Crippen LogP contribution in [0.4, 0.5) is 10.5 Å². The van der Waals surface area contributed by atoms with Crippen LogP contribution in [0.1, 0.15) is 5.56 Å². The highest BCUT2D eigenvalue weighted by atomic mass is 32.2. The van der Waals surface area contributed by atoms with Crippen LogP contribution in [0.2, 0.25) is 0 Å². The van der Waals surface area contributed by atoms with Gasteiger partial charge in [0, 0.05) is 5.69 Å². The normalized spacial score (nSPS) is 9.88. The van der Waals surface area contributed by atoms with E-state index in [1.54, 1.807) is 24.3 Å². The average molecular weight is 242 g/mol. The third-order valence-electron chi connectivity index (χ3n) is 1.82. The van der Waals surface area contributed by atoms with Gasteiger partial charge < -0.3 is 10.6 Å². The van der Waals surface area contributed by atoms with E-state index in [1.807, 2.05) is 6.26 Å². The number of urea groups is 1. The number of carbonyl (C=O) groups excluding carboxylic acids is 1. The molecule has 0 aliphatic carbocycles. The zero-order valence-electron chi connectivity index (χ0n) is 8.90. The Labute approximate surface area is 98.1 Å². The Balaban J connectivity index is 2.45. The summed E-state index contributed by atoms with van der Waals surface area (Å²) in [6.45, 7) is 0.138. The van der Waals surface area contributed by atoms with E-state index in [9.17, 15) is 4.79 Å². The molecular weight excluding hydrogens is 228 g/mol. The number of thioether (sulfide) groups is 1. The van der Waals surface area contributed by atoms with Crippen molar-refractivity contribution in [1.29, 1.82) is 0 Å². The fourth-order valence-corrected chi connectivity index (χ4v) is 1.35. The zero-order valence-corrected chi connectivity index (χ0v) is 9.71.